The van der Waals surface area contributed by atoms with E-state index in [0.717, 1.165) is 28.2 Å². The van der Waals surface area contributed by atoms with Crippen LogP contribution in [0.2, 0.25) is 0 Å². The highest BCUT2D eigenvalue weighted by Crippen LogP contribution is 2.57. The Bertz CT molecular complexity index is 2670. The van der Waals surface area contributed by atoms with Gasteiger partial charge in [-0.15, -0.1) is 0 Å². The molecule has 0 saturated heterocycles. The summed E-state index contributed by atoms with van der Waals surface area (Å²) in [7, 11) is 0. The van der Waals surface area contributed by atoms with Gasteiger partial charge in [0.1, 0.15) is 0 Å². The lowest BCUT2D eigenvalue weighted by Gasteiger charge is -2.34. The van der Waals surface area contributed by atoms with E-state index in [0.29, 0.717) is 0 Å². The quantitative estimate of drug-likeness (QED) is 0.179. The van der Waals surface area contributed by atoms with Crippen LogP contribution in [0.25, 0.3) is 61.1 Å². The number of rotatable bonds is 5. The lowest BCUT2D eigenvalue weighted by molar-refractivity contribution is 0.768. The van der Waals surface area contributed by atoms with Crippen LogP contribution in [0.4, 0.5) is 0 Å². The number of para-hydroxylation sites is 1. The maximum atomic E-state index is 5.22. The Labute approximate surface area is 304 Å². The minimum Gasteiger partial charge on any atom is -0.309 e. The fourth-order valence-electron chi connectivity index (χ4n) is 8.57. The first-order chi connectivity index (χ1) is 25.6. The van der Waals surface area contributed by atoms with Crippen LogP contribution < -0.4 is 0 Å². The monoisotopic (exact) mass is 664 g/mol. The zero-order valence-electron chi connectivity index (χ0n) is 29.2. The van der Waals surface area contributed by atoms with Gasteiger partial charge in [0, 0.05) is 21.9 Å². The van der Waals surface area contributed by atoms with Crippen molar-refractivity contribution in [3.8, 4) is 39.3 Å². The summed E-state index contributed by atoms with van der Waals surface area (Å²) in [6.07, 6.45) is 0. The molecule has 2 heterocycles. The van der Waals surface area contributed by atoms with Gasteiger partial charge in [-0.3, -0.25) is 0 Å². The molecule has 2 heteroatoms. The molecule has 1 aliphatic rings. The van der Waals surface area contributed by atoms with Crippen molar-refractivity contribution in [1.82, 2.24) is 9.55 Å². The van der Waals surface area contributed by atoms with Gasteiger partial charge in [0.2, 0.25) is 0 Å². The normalized spacial score (nSPS) is 13.0. The lowest BCUT2D eigenvalue weighted by Crippen LogP contribution is -2.28. The fraction of sp³-hybridized carbons (Fsp3) is 0.0600. The molecular formula is C50H36N2. The SMILES string of the molecule is Cc1ccc(C2(c3ccc(C)cc3)c3ccccc3-c3cc4c(cc32)c2ccccc2n4-c2cc(-c3ccccc3)nc(-c3ccccc3)c2)cc1. The summed E-state index contributed by atoms with van der Waals surface area (Å²) in [4.78, 5) is 5.22. The van der Waals surface area contributed by atoms with E-state index in [4.69, 9.17) is 4.98 Å². The third kappa shape index (κ3) is 4.54. The first kappa shape index (κ1) is 30.3. The molecule has 0 saturated carbocycles. The molecular weight excluding hydrogens is 629 g/mol. The van der Waals surface area contributed by atoms with E-state index < -0.39 is 5.41 Å². The van der Waals surface area contributed by atoms with Gasteiger partial charge in [-0.25, -0.2) is 4.98 Å². The molecule has 9 aromatic rings. The second kappa shape index (κ2) is 11.8. The van der Waals surface area contributed by atoms with Gasteiger partial charge < -0.3 is 4.57 Å². The van der Waals surface area contributed by atoms with E-state index in [2.05, 4.69) is 200 Å². The molecule has 52 heavy (non-hydrogen) atoms. The van der Waals surface area contributed by atoms with Crippen molar-refractivity contribution in [3.63, 3.8) is 0 Å². The number of benzene rings is 7. The van der Waals surface area contributed by atoms with Gasteiger partial charge in [-0.05, 0) is 77.6 Å². The molecule has 2 nitrogen and oxygen atoms in total. The van der Waals surface area contributed by atoms with Crippen molar-refractivity contribution in [1.29, 1.82) is 0 Å². The van der Waals surface area contributed by atoms with Gasteiger partial charge >= 0.3 is 0 Å². The Morgan fingerprint density at radius 2 is 0.962 bits per heavy atom. The Hall–Kier alpha value is -6.51. The maximum absolute atomic E-state index is 5.22. The summed E-state index contributed by atoms with van der Waals surface area (Å²) >= 11 is 0. The molecule has 1 aliphatic carbocycles. The molecule has 0 fully saturated rings. The zero-order chi connectivity index (χ0) is 34.8. The van der Waals surface area contributed by atoms with Crippen LogP contribution in [0.5, 0.6) is 0 Å². The highest BCUT2D eigenvalue weighted by molar-refractivity contribution is 6.12. The summed E-state index contributed by atoms with van der Waals surface area (Å²) in [5.74, 6) is 0. The van der Waals surface area contributed by atoms with Crippen LogP contribution in [0.15, 0.2) is 182 Å². The molecule has 2 aromatic heterocycles. The van der Waals surface area contributed by atoms with Crippen LogP contribution in [0, 0.1) is 13.8 Å². The molecule has 0 spiro atoms. The van der Waals surface area contributed by atoms with Gasteiger partial charge in [0.05, 0.1) is 33.5 Å². The first-order valence-electron chi connectivity index (χ1n) is 18.0. The van der Waals surface area contributed by atoms with Gasteiger partial charge in [0.15, 0.2) is 0 Å². The molecule has 10 rings (SSSR count). The van der Waals surface area contributed by atoms with Gasteiger partial charge in [0.25, 0.3) is 0 Å². The maximum Gasteiger partial charge on any atom is 0.0730 e. The van der Waals surface area contributed by atoms with Crippen molar-refractivity contribution < 1.29 is 0 Å². The van der Waals surface area contributed by atoms with Crippen LogP contribution in [0.3, 0.4) is 0 Å². The molecule has 0 radical (unpaired) electrons. The first-order valence-corrected chi connectivity index (χ1v) is 18.0. The van der Waals surface area contributed by atoms with Crippen molar-refractivity contribution in [2.75, 3.05) is 0 Å². The second-order valence-electron chi connectivity index (χ2n) is 14.1. The standard InChI is InChI=1S/C50H36N2/c1-33-21-25-37(26-22-33)50(38-27-23-34(2)24-28-38)44-19-11-9-17-40(44)42-32-49-43(31-45(42)50)41-18-10-12-20-48(41)52(49)39-29-46(35-13-5-3-6-14-35)51-47(30-39)36-15-7-4-8-16-36/h3-32H,1-2H3. The Morgan fingerprint density at radius 1 is 0.423 bits per heavy atom. The summed E-state index contributed by atoms with van der Waals surface area (Å²) < 4.78 is 2.45. The number of aryl methyl sites for hydroxylation is 2. The summed E-state index contributed by atoms with van der Waals surface area (Å²) in [6.45, 7) is 4.34. The summed E-state index contributed by atoms with van der Waals surface area (Å²) in [5, 5.41) is 2.47. The minimum absolute atomic E-state index is 0.470. The Balaban J connectivity index is 1.31. The molecule has 0 bridgehead atoms. The Kier molecular flexibility index (Phi) is 6.87. The van der Waals surface area contributed by atoms with Crippen molar-refractivity contribution >= 4 is 21.8 Å². The average Bonchev–Trinajstić information content (AvgIpc) is 3.68. The van der Waals surface area contributed by atoms with E-state index in [9.17, 15) is 0 Å². The topological polar surface area (TPSA) is 17.8 Å². The highest BCUT2D eigenvalue weighted by Gasteiger charge is 2.46. The number of aromatic nitrogens is 2. The molecule has 0 atom stereocenters. The lowest BCUT2D eigenvalue weighted by atomic mass is 9.67. The number of fused-ring (bicyclic) bond motifs is 6. The van der Waals surface area contributed by atoms with E-state index in [1.54, 1.807) is 0 Å². The number of hydrogen-bond acceptors (Lipinski definition) is 1. The number of hydrogen-bond donors (Lipinski definition) is 0. The smallest absolute Gasteiger partial charge is 0.0730 e. The number of nitrogens with zero attached hydrogens (tertiary/aromatic N) is 2. The van der Waals surface area contributed by atoms with E-state index in [1.165, 1.54) is 66.3 Å². The van der Waals surface area contributed by atoms with Crippen LogP contribution >= 0.6 is 0 Å². The molecule has 7 aromatic carbocycles. The zero-order valence-corrected chi connectivity index (χ0v) is 29.2. The van der Waals surface area contributed by atoms with E-state index in [-0.39, 0.29) is 0 Å². The predicted octanol–water partition coefficient (Wildman–Crippen LogP) is 12.5. The number of pyridine rings is 1. The van der Waals surface area contributed by atoms with Crippen LogP contribution in [-0.2, 0) is 5.41 Å². The summed E-state index contributed by atoms with van der Waals surface area (Å²) in [5.41, 5.74) is 17.4. The third-order valence-electron chi connectivity index (χ3n) is 11.0. The molecule has 0 amide bonds. The minimum atomic E-state index is -0.470. The van der Waals surface area contributed by atoms with Crippen LogP contribution in [-0.4, -0.2) is 9.55 Å². The van der Waals surface area contributed by atoms with Gasteiger partial charge in [-0.1, -0.05) is 163 Å². The van der Waals surface area contributed by atoms with Crippen molar-refractivity contribution in [3.05, 3.63) is 215 Å². The predicted molar refractivity (Wildman–Crippen MR) is 216 cm³/mol. The Morgan fingerprint density at radius 3 is 1.58 bits per heavy atom. The third-order valence-corrected chi connectivity index (χ3v) is 11.0. The molecule has 0 unspecified atom stereocenters. The molecule has 246 valence electrons. The van der Waals surface area contributed by atoms with E-state index in [1.807, 2.05) is 0 Å². The van der Waals surface area contributed by atoms with E-state index >= 15 is 0 Å². The average molecular weight is 665 g/mol. The van der Waals surface area contributed by atoms with Crippen molar-refractivity contribution in [2.24, 2.45) is 0 Å². The van der Waals surface area contributed by atoms with Gasteiger partial charge in [-0.2, -0.15) is 0 Å². The highest BCUT2D eigenvalue weighted by atomic mass is 15.0. The van der Waals surface area contributed by atoms with Crippen molar-refractivity contribution in [2.45, 2.75) is 19.3 Å². The van der Waals surface area contributed by atoms with Crippen LogP contribution in [0.1, 0.15) is 33.4 Å². The fourth-order valence-corrected chi connectivity index (χ4v) is 8.57. The molecule has 0 aliphatic heterocycles. The summed E-state index contributed by atoms with van der Waals surface area (Å²) in [6, 6.07) is 66.8. The molecule has 0 N–H and O–H groups in total. The second-order valence-corrected chi connectivity index (χ2v) is 14.1. The largest absolute Gasteiger partial charge is 0.309 e.